The Balaban J connectivity index is 2.07. The number of aliphatic hydroxyl groups excluding tert-OH is 2. The lowest BCUT2D eigenvalue weighted by Gasteiger charge is -2.58. The van der Waals surface area contributed by atoms with Crippen molar-refractivity contribution in [1.82, 2.24) is 9.88 Å². The van der Waals surface area contributed by atoms with Gasteiger partial charge in [0.1, 0.15) is 0 Å². The molecule has 30 heavy (non-hydrogen) atoms. The third-order valence-corrected chi connectivity index (χ3v) is 8.39. The van der Waals surface area contributed by atoms with Gasteiger partial charge in [-0.3, -0.25) is 9.59 Å². The Bertz CT molecular complexity index is 840. The van der Waals surface area contributed by atoms with E-state index in [0.29, 0.717) is 30.9 Å². The zero-order valence-electron chi connectivity index (χ0n) is 18.3. The molecular weight excluding hydrogens is 402 g/mol. The number of carbonyl (C=O) groups is 2. The van der Waals surface area contributed by atoms with Crippen molar-refractivity contribution in [3.05, 3.63) is 23.2 Å². The second-order valence-electron chi connectivity index (χ2n) is 9.31. The topological polar surface area (TPSA) is 103 Å². The predicted octanol–water partition coefficient (Wildman–Crippen LogP) is 2.55. The molecule has 0 spiro atoms. The number of anilines is 1. The van der Waals surface area contributed by atoms with E-state index in [4.69, 9.17) is 4.98 Å². The molecule has 1 aromatic rings. The summed E-state index contributed by atoms with van der Waals surface area (Å²) in [7, 11) is 1.76. The Morgan fingerprint density at radius 2 is 2.13 bits per heavy atom. The molecule has 1 heterocycles. The Hall–Kier alpha value is -1.77. The lowest BCUT2D eigenvalue weighted by molar-refractivity contribution is -0.146. The highest BCUT2D eigenvalue weighted by Gasteiger charge is 2.59. The van der Waals surface area contributed by atoms with Gasteiger partial charge in [-0.2, -0.15) is 0 Å². The molecule has 2 aliphatic rings. The van der Waals surface area contributed by atoms with Crippen molar-refractivity contribution in [3.8, 4) is 0 Å². The highest BCUT2D eigenvalue weighted by atomic mass is 32.1. The highest BCUT2D eigenvalue weighted by molar-refractivity contribution is 7.15. The Morgan fingerprint density at radius 1 is 1.43 bits per heavy atom. The lowest BCUT2D eigenvalue weighted by atomic mass is 9.47. The van der Waals surface area contributed by atoms with Crippen LogP contribution < -0.4 is 5.32 Å². The lowest BCUT2D eigenvalue weighted by Crippen LogP contribution is -2.57. The summed E-state index contributed by atoms with van der Waals surface area (Å²) in [6, 6.07) is 0. The summed E-state index contributed by atoms with van der Waals surface area (Å²) in [6.07, 6.45) is 3.41. The van der Waals surface area contributed by atoms with Gasteiger partial charge in [-0.15, -0.1) is 17.9 Å². The molecule has 166 valence electrons. The molecule has 0 aromatic carbocycles. The van der Waals surface area contributed by atoms with Crippen LogP contribution in [0.1, 0.15) is 56.5 Å². The molecule has 0 bridgehead atoms. The van der Waals surface area contributed by atoms with E-state index < -0.39 is 11.5 Å². The van der Waals surface area contributed by atoms with Gasteiger partial charge in [0.2, 0.25) is 11.8 Å². The summed E-state index contributed by atoms with van der Waals surface area (Å²) in [4.78, 5) is 32.0. The summed E-state index contributed by atoms with van der Waals surface area (Å²) in [5.41, 5.74) is -0.0767. The van der Waals surface area contributed by atoms with Crippen LogP contribution in [0.4, 0.5) is 5.13 Å². The number of fused-ring (bicyclic) bond motifs is 2. The van der Waals surface area contributed by atoms with Gasteiger partial charge >= 0.3 is 0 Å². The number of likely N-dealkylation sites (N-methyl/N-ethyl adjacent to an activating group) is 1. The molecule has 2 aliphatic carbocycles. The van der Waals surface area contributed by atoms with Gasteiger partial charge in [-0.25, -0.2) is 4.98 Å². The summed E-state index contributed by atoms with van der Waals surface area (Å²) < 4.78 is 0. The standard InChI is InChI=1S/C22H33N3O4S/c1-6-9-25(5)18(29)10-14-19-15(30-20(24-19)23-13(2)27)11-16-21(14,3)8-7-17(28)22(16,4)12-26/h6,14,16-17,26,28H,1,7-12H2,2-5H3,(H,23,24,27)/t14-,16-,17-,21+,22+/m1/s1. The minimum Gasteiger partial charge on any atom is -0.396 e. The number of nitrogens with zero attached hydrogens (tertiary/aromatic N) is 2. The maximum absolute atomic E-state index is 13.0. The number of carbonyl (C=O) groups excluding carboxylic acids is 2. The van der Waals surface area contributed by atoms with Gasteiger partial charge in [0.25, 0.3) is 0 Å². The minimum atomic E-state index is -0.656. The summed E-state index contributed by atoms with van der Waals surface area (Å²) >= 11 is 1.43. The molecule has 0 saturated heterocycles. The SMILES string of the molecule is C=CCN(C)C(=O)C[C@@H]1c2nc(NC(C)=O)sc2C[C@H]2[C@](C)(CO)[C@H](O)CC[C@]21C. The van der Waals surface area contributed by atoms with Crippen LogP contribution in [0.15, 0.2) is 12.7 Å². The maximum atomic E-state index is 13.0. The zero-order valence-corrected chi connectivity index (χ0v) is 19.1. The normalized spacial score (nSPS) is 32.7. The molecule has 8 heteroatoms. The molecule has 0 unspecified atom stereocenters. The minimum absolute atomic E-state index is 0.000566. The fraction of sp³-hybridized carbons (Fsp3) is 0.682. The van der Waals surface area contributed by atoms with E-state index in [2.05, 4.69) is 18.8 Å². The first-order chi connectivity index (χ1) is 14.1. The van der Waals surface area contributed by atoms with Crippen LogP contribution >= 0.6 is 11.3 Å². The van der Waals surface area contributed by atoms with E-state index in [1.54, 1.807) is 18.0 Å². The van der Waals surface area contributed by atoms with Gasteiger partial charge in [0.15, 0.2) is 5.13 Å². The molecule has 3 N–H and O–H groups in total. The second-order valence-corrected chi connectivity index (χ2v) is 10.4. The molecular formula is C22H33N3O4S. The highest BCUT2D eigenvalue weighted by Crippen LogP contribution is 2.62. The van der Waals surface area contributed by atoms with Crippen LogP contribution in [-0.4, -0.2) is 58.2 Å². The van der Waals surface area contributed by atoms with Crippen LogP contribution in [0.3, 0.4) is 0 Å². The number of rotatable bonds is 6. The molecule has 1 saturated carbocycles. The van der Waals surface area contributed by atoms with E-state index in [1.165, 1.54) is 18.3 Å². The predicted molar refractivity (Wildman–Crippen MR) is 117 cm³/mol. The first-order valence-corrected chi connectivity index (χ1v) is 11.3. The second kappa shape index (κ2) is 8.40. The third-order valence-electron chi connectivity index (χ3n) is 7.38. The number of nitrogens with one attached hydrogen (secondary N) is 1. The number of hydrogen-bond acceptors (Lipinski definition) is 6. The van der Waals surface area contributed by atoms with Gasteiger partial charge in [-0.1, -0.05) is 19.9 Å². The monoisotopic (exact) mass is 435 g/mol. The van der Waals surface area contributed by atoms with E-state index in [-0.39, 0.29) is 35.7 Å². The number of amides is 2. The Morgan fingerprint density at radius 3 is 2.73 bits per heavy atom. The van der Waals surface area contributed by atoms with Crippen LogP contribution in [-0.2, 0) is 16.0 Å². The van der Waals surface area contributed by atoms with Crippen molar-refractivity contribution in [3.63, 3.8) is 0 Å². The van der Waals surface area contributed by atoms with E-state index in [0.717, 1.165) is 17.0 Å². The molecule has 0 aliphatic heterocycles. The fourth-order valence-electron chi connectivity index (χ4n) is 5.48. The average Bonchev–Trinajstić information content (AvgIpc) is 3.08. The fourth-order valence-corrected chi connectivity index (χ4v) is 6.59. The Labute approximate surface area is 182 Å². The van der Waals surface area contributed by atoms with Crippen LogP contribution in [0, 0.1) is 16.7 Å². The Kier molecular flexibility index (Phi) is 6.41. The van der Waals surface area contributed by atoms with Crippen molar-refractivity contribution >= 4 is 28.3 Å². The molecule has 5 atom stereocenters. The van der Waals surface area contributed by atoms with Gasteiger partial charge in [0, 0.05) is 43.1 Å². The average molecular weight is 436 g/mol. The van der Waals surface area contributed by atoms with Crippen LogP contribution in [0.2, 0.25) is 0 Å². The molecule has 2 amide bonds. The number of hydrogen-bond donors (Lipinski definition) is 3. The third kappa shape index (κ3) is 3.81. The molecule has 1 fully saturated rings. The smallest absolute Gasteiger partial charge is 0.223 e. The zero-order chi connectivity index (χ0) is 22.3. The molecule has 1 aromatic heterocycles. The van der Waals surface area contributed by atoms with Crippen molar-refractivity contribution in [1.29, 1.82) is 0 Å². The summed E-state index contributed by atoms with van der Waals surface area (Å²) in [5, 5.41) is 24.3. The van der Waals surface area contributed by atoms with Gasteiger partial charge in [-0.05, 0) is 30.6 Å². The van der Waals surface area contributed by atoms with Crippen LogP contribution in [0.25, 0.3) is 0 Å². The first-order valence-electron chi connectivity index (χ1n) is 10.5. The van der Waals surface area contributed by atoms with Crippen molar-refractivity contribution in [2.75, 3.05) is 25.5 Å². The van der Waals surface area contributed by atoms with Crippen LogP contribution in [0.5, 0.6) is 0 Å². The molecule has 0 radical (unpaired) electrons. The van der Waals surface area contributed by atoms with E-state index in [1.807, 2.05) is 6.92 Å². The molecule has 3 rings (SSSR count). The van der Waals surface area contributed by atoms with Gasteiger partial charge < -0.3 is 20.4 Å². The maximum Gasteiger partial charge on any atom is 0.223 e. The van der Waals surface area contributed by atoms with E-state index >= 15 is 0 Å². The van der Waals surface area contributed by atoms with Crippen molar-refractivity contribution < 1.29 is 19.8 Å². The first kappa shape index (κ1) is 22.9. The summed E-state index contributed by atoms with van der Waals surface area (Å²) in [6.45, 7) is 9.64. The van der Waals surface area contributed by atoms with Crippen molar-refractivity contribution in [2.24, 2.45) is 16.7 Å². The number of aliphatic hydroxyl groups is 2. The molecule has 7 nitrogen and oxygen atoms in total. The van der Waals surface area contributed by atoms with E-state index in [9.17, 15) is 19.8 Å². The quantitative estimate of drug-likeness (QED) is 0.596. The number of thiazole rings is 1. The summed E-state index contributed by atoms with van der Waals surface area (Å²) in [5.74, 6) is -0.320. The number of aromatic nitrogens is 1. The van der Waals surface area contributed by atoms with Gasteiger partial charge in [0.05, 0.1) is 18.4 Å². The van der Waals surface area contributed by atoms with Crippen molar-refractivity contribution in [2.45, 2.75) is 58.5 Å². The largest absolute Gasteiger partial charge is 0.396 e.